The quantitative estimate of drug-likeness (QED) is 0.765. The van der Waals surface area contributed by atoms with Gasteiger partial charge in [0.15, 0.2) is 0 Å². The lowest BCUT2D eigenvalue weighted by atomic mass is 10.1. The molecule has 1 aromatic carbocycles. The van der Waals surface area contributed by atoms with Gasteiger partial charge in [0.05, 0.1) is 12.2 Å². The fourth-order valence-electron chi connectivity index (χ4n) is 1.03. The molecule has 0 saturated carbocycles. The van der Waals surface area contributed by atoms with Crippen LogP contribution in [0.1, 0.15) is 22.8 Å². The predicted molar refractivity (Wildman–Crippen MR) is 54.8 cm³/mol. The maximum absolute atomic E-state index is 13.0. The predicted octanol–water partition coefficient (Wildman–Crippen LogP) is 3.07. The van der Waals surface area contributed by atoms with Gasteiger partial charge in [-0.1, -0.05) is 0 Å². The van der Waals surface area contributed by atoms with E-state index in [-0.39, 0.29) is 5.82 Å². The van der Waals surface area contributed by atoms with Crippen LogP contribution in [0, 0.1) is 12.7 Å². The van der Waals surface area contributed by atoms with Crippen LogP contribution in [-0.2, 0) is 4.74 Å². The van der Waals surface area contributed by atoms with Gasteiger partial charge in [0, 0.05) is 4.47 Å². The van der Waals surface area contributed by atoms with Crippen molar-refractivity contribution in [2.45, 2.75) is 13.8 Å². The van der Waals surface area contributed by atoms with Crippen LogP contribution in [0.4, 0.5) is 4.39 Å². The maximum atomic E-state index is 13.0. The van der Waals surface area contributed by atoms with E-state index in [0.717, 1.165) is 0 Å². The summed E-state index contributed by atoms with van der Waals surface area (Å²) in [7, 11) is 0. The number of halogens is 2. The van der Waals surface area contributed by atoms with Crippen LogP contribution in [0.25, 0.3) is 0 Å². The molecule has 0 aliphatic carbocycles. The summed E-state index contributed by atoms with van der Waals surface area (Å²) in [6, 6.07) is 2.66. The zero-order valence-electron chi connectivity index (χ0n) is 7.93. The van der Waals surface area contributed by atoms with Crippen molar-refractivity contribution in [2.75, 3.05) is 6.61 Å². The van der Waals surface area contributed by atoms with Crippen LogP contribution < -0.4 is 0 Å². The molecular weight excluding hydrogens is 251 g/mol. The fraction of sp³-hybridized carbons (Fsp3) is 0.300. The van der Waals surface area contributed by atoms with Crippen molar-refractivity contribution in [2.24, 2.45) is 0 Å². The molecule has 0 N–H and O–H groups in total. The Balaban J connectivity index is 3.11. The van der Waals surface area contributed by atoms with Gasteiger partial charge in [-0.15, -0.1) is 0 Å². The molecule has 0 spiro atoms. The molecule has 0 aromatic heterocycles. The molecule has 2 nitrogen and oxygen atoms in total. The minimum atomic E-state index is -0.442. The second-order valence-electron chi connectivity index (χ2n) is 2.75. The number of rotatable bonds is 2. The highest BCUT2D eigenvalue weighted by atomic mass is 79.9. The molecule has 0 amide bonds. The highest BCUT2D eigenvalue weighted by molar-refractivity contribution is 9.10. The second-order valence-corrected chi connectivity index (χ2v) is 3.55. The first-order chi connectivity index (χ1) is 6.57. The summed E-state index contributed by atoms with van der Waals surface area (Å²) in [5, 5.41) is 0. The Morgan fingerprint density at radius 1 is 1.57 bits per heavy atom. The number of esters is 1. The molecule has 4 heteroatoms. The van der Waals surface area contributed by atoms with Gasteiger partial charge in [0.25, 0.3) is 0 Å². The summed E-state index contributed by atoms with van der Waals surface area (Å²) >= 11 is 3.16. The van der Waals surface area contributed by atoms with E-state index < -0.39 is 5.97 Å². The van der Waals surface area contributed by atoms with Crippen LogP contribution in [0.5, 0.6) is 0 Å². The molecule has 0 saturated heterocycles. The number of carbonyl (C=O) groups is 1. The Bertz CT molecular complexity index is 363. The standard InChI is InChI=1S/C10H10BrFO2/c1-3-14-10(13)7-4-5-8(12)6(2)9(7)11/h4-5H,3H2,1-2H3. The topological polar surface area (TPSA) is 26.3 Å². The van der Waals surface area contributed by atoms with Gasteiger partial charge in [-0.25, -0.2) is 9.18 Å². The first-order valence-corrected chi connectivity index (χ1v) is 4.99. The molecule has 0 aliphatic heterocycles. The summed E-state index contributed by atoms with van der Waals surface area (Å²) in [5.74, 6) is -0.785. The van der Waals surface area contributed by atoms with Crippen LogP contribution in [-0.4, -0.2) is 12.6 Å². The molecule has 0 atom stereocenters. The van der Waals surface area contributed by atoms with Crippen molar-refractivity contribution in [1.82, 2.24) is 0 Å². The Morgan fingerprint density at radius 2 is 2.21 bits per heavy atom. The van der Waals surface area contributed by atoms with E-state index in [2.05, 4.69) is 15.9 Å². The van der Waals surface area contributed by atoms with Crippen LogP contribution in [0.15, 0.2) is 16.6 Å². The molecular formula is C10H10BrFO2. The Hall–Kier alpha value is -0.900. The lowest BCUT2D eigenvalue weighted by molar-refractivity contribution is 0.0525. The van der Waals surface area contributed by atoms with Crippen molar-refractivity contribution in [3.63, 3.8) is 0 Å². The highest BCUT2D eigenvalue weighted by Crippen LogP contribution is 2.24. The maximum Gasteiger partial charge on any atom is 0.339 e. The molecule has 1 rings (SSSR count). The summed E-state index contributed by atoms with van der Waals surface area (Å²) in [6.07, 6.45) is 0. The van der Waals surface area contributed by atoms with E-state index in [9.17, 15) is 9.18 Å². The van der Waals surface area contributed by atoms with Gasteiger partial charge in [0.1, 0.15) is 5.82 Å². The normalized spacial score (nSPS) is 10.0. The lowest BCUT2D eigenvalue weighted by Crippen LogP contribution is -2.06. The molecule has 0 unspecified atom stereocenters. The summed E-state index contributed by atoms with van der Waals surface area (Å²) in [4.78, 5) is 11.4. The molecule has 0 aliphatic rings. The van der Waals surface area contributed by atoms with Crippen LogP contribution in [0.3, 0.4) is 0 Å². The SMILES string of the molecule is CCOC(=O)c1ccc(F)c(C)c1Br. The van der Waals surface area contributed by atoms with E-state index in [4.69, 9.17) is 4.74 Å². The number of hydrogen-bond acceptors (Lipinski definition) is 2. The Kier molecular flexibility index (Phi) is 3.63. The molecule has 0 heterocycles. The lowest BCUT2D eigenvalue weighted by Gasteiger charge is -2.06. The summed E-state index contributed by atoms with van der Waals surface area (Å²) in [6.45, 7) is 3.63. The number of ether oxygens (including phenoxy) is 1. The van der Waals surface area contributed by atoms with Crippen LogP contribution >= 0.6 is 15.9 Å². The number of hydrogen-bond donors (Lipinski definition) is 0. The zero-order valence-corrected chi connectivity index (χ0v) is 9.52. The monoisotopic (exact) mass is 260 g/mol. The molecule has 1 aromatic rings. The van der Waals surface area contributed by atoms with E-state index in [1.807, 2.05) is 0 Å². The minimum Gasteiger partial charge on any atom is -0.462 e. The third kappa shape index (κ3) is 2.12. The second kappa shape index (κ2) is 4.55. The Labute approximate surface area is 90.2 Å². The van der Waals surface area contributed by atoms with Crippen molar-refractivity contribution in [3.05, 3.63) is 33.5 Å². The number of carbonyl (C=O) groups excluding carboxylic acids is 1. The average Bonchev–Trinajstić information content (AvgIpc) is 2.15. The molecule has 14 heavy (non-hydrogen) atoms. The summed E-state index contributed by atoms with van der Waals surface area (Å²) < 4.78 is 18.3. The van der Waals surface area contributed by atoms with Crippen molar-refractivity contribution in [3.8, 4) is 0 Å². The smallest absolute Gasteiger partial charge is 0.339 e. The highest BCUT2D eigenvalue weighted by Gasteiger charge is 2.14. The minimum absolute atomic E-state index is 0.307. The zero-order chi connectivity index (χ0) is 10.7. The Morgan fingerprint density at radius 3 is 2.79 bits per heavy atom. The van der Waals surface area contributed by atoms with Gasteiger partial charge in [-0.3, -0.25) is 0 Å². The number of benzene rings is 1. The fourth-order valence-corrected chi connectivity index (χ4v) is 1.51. The average molecular weight is 261 g/mol. The third-order valence-electron chi connectivity index (χ3n) is 1.82. The van der Waals surface area contributed by atoms with Gasteiger partial charge in [0.2, 0.25) is 0 Å². The largest absolute Gasteiger partial charge is 0.462 e. The van der Waals surface area contributed by atoms with Gasteiger partial charge in [-0.05, 0) is 47.5 Å². The molecule has 0 radical (unpaired) electrons. The van der Waals surface area contributed by atoms with Crippen molar-refractivity contribution >= 4 is 21.9 Å². The summed E-state index contributed by atoms with van der Waals surface area (Å²) in [5.41, 5.74) is 0.765. The van der Waals surface area contributed by atoms with Gasteiger partial charge >= 0.3 is 5.97 Å². The molecule has 0 fully saturated rings. The molecule has 76 valence electrons. The van der Waals surface area contributed by atoms with E-state index in [1.54, 1.807) is 13.8 Å². The van der Waals surface area contributed by atoms with E-state index in [1.165, 1.54) is 12.1 Å². The molecule has 0 bridgehead atoms. The van der Waals surface area contributed by atoms with Gasteiger partial charge in [-0.2, -0.15) is 0 Å². The first kappa shape index (κ1) is 11.2. The van der Waals surface area contributed by atoms with Crippen molar-refractivity contribution < 1.29 is 13.9 Å². The van der Waals surface area contributed by atoms with Gasteiger partial charge < -0.3 is 4.74 Å². The first-order valence-electron chi connectivity index (χ1n) is 4.19. The van der Waals surface area contributed by atoms with E-state index >= 15 is 0 Å². The third-order valence-corrected chi connectivity index (χ3v) is 2.84. The van der Waals surface area contributed by atoms with Crippen LogP contribution in [0.2, 0.25) is 0 Å². The van der Waals surface area contributed by atoms with Crippen molar-refractivity contribution in [1.29, 1.82) is 0 Å². The van der Waals surface area contributed by atoms with E-state index in [0.29, 0.717) is 22.2 Å².